The molecule has 0 bridgehead atoms. The molecule has 126 valence electrons. The Hall–Kier alpha value is -2.08. The first kappa shape index (κ1) is 17.3. The summed E-state index contributed by atoms with van der Waals surface area (Å²) >= 11 is 0. The third kappa shape index (κ3) is 5.56. The van der Waals surface area contributed by atoms with E-state index in [-0.39, 0.29) is 12.5 Å². The number of hydrogen-bond donors (Lipinski definition) is 2. The zero-order valence-electron chi connectivity index (χ0n) is 14.0. The van der Waals surface area contributed by atoms with Gasteiger partial charge in [-0.2, -0.15) is 0 Å². The lowest BCUT2D eigenvalue weighted by Crippen LogP contribution is -2.42. The SMILES string of the molecule is CNC(=O)NC(=O)CN(C)Cc1ccc(N2CCCCC2)cc1. The molecule has 1 aromatic carbocycles. The molecule has 1 aliphatic rings. The van der Waals surface area contributed by atoms with Crippen LogP contribution in [-0.4, -0.2) is 50.6 Å². The van der Waals surface area contributed by atoms with Gasteiger partial charge in [-0.3, -0.25) is 15.0 Å². The Morgan fingerprint density at radius 2 is 1.78 bits per heavy atom. The molecule has 23 heavy (non-hydrogen) atoms. The number of amides is 3. The van der Waals surface area contributed by atoms with Crippen LogP contribution in [0.2, 0.25) is 0 Å². The van der Waals surface area contributed by atoms with E-state index in [1.807, 2.05) is 11.9 Å². The summed E-state index contributed by atoms with van der Waals surface area (Å²) in [4.78, 5) is 27.0. The normalized spacial score (nSPS) is 14.7. The number of likely N-dealkylation sites (N-methyl/N-ethyl adjacent to an activating group) is 1. The molecule has 1 aromatic rings. The largest absolute Gasteiger partial charge is 0.372 e. The van der Waals surface area contributed by atoms with Gasteiger partial charge in [0.25, 0.3) is 0 Å². The van der Waals surface area contributed by atoms with Gasteiger partial charge in [0.1, 0.15) is 0 Å². The molecule has 2 rings (SSSR count). The van der Waals surface area contributed by atoms with Crippen molar-refractivity contribution in [3.05, 3.63) is 29.8 Å². The lowest BCUT2D eigenvalue weighted by molar-refractivity contribution is -0.120. The van der Waals surface area contributed by atoms with Crippen LogP contribution in [0.4, 0.5) is 10.5 Å². The number of nitrogens with zero attached hydrogens (tertiary/aromatic N) is 2. The van der Waals surface area contributed by atoms with Crippen molar-refractivity contribution in [2.45, 2.75) is 25.8 Å². The fraction of sp³-hybridized carbons (Fsp3) is 0.529. The Morgan fingerprint density at radius 1 is 1.13 bits per heavy atom. The van der Waals surface area contributed by atoms with Gasteiger partial charge in [-0.15, -0.1) is 0 Å². The molecule has 0 spiro atoms. The number of carbonyl (C=O) groups excluding carboxylic acids is 2. The molecule has 1 fully saturated rings. The van der Waals surface area contributed by atoms with E-state index in [2.05, 4.69) is 39.8 Å². The predicted octanol–water partition coefficient (Wildman–Crippen LogP) is 1.56. The van der Waals surface area contributed by atoms with E-state index < -0.39 is 6.03 Å². The Morgan fingerprint density at radius 3 is 2.39 bits per heavy atom. The highest BCUT2D eigenvalue weighted by molar-refractivity contribution is 5.95. The molecule has 3 amide bonds. The Bertz CT molecular complexity index is 524. The quantitative estimate of drug-likeness (QED) is 0.865. The monoisotopic (exact) mass is 318 g/mol. The lowest BCUT2D eigenvalue weighted by Gasteiger charge is -2.29. The maximum Gasteiger partial charge on any atom is 0.321 e. The highest BCUT2D eigenvalue weighted by Crippen LogP contribution is 2.20. The number of imide groups is 1. The third-order valence-electron chi connectivity index (χ3n) is 4.00. The van der Waals surface area contributed by atoms with E-state index in [0.29, 0.717) is 6.54 Å². The highest BCUT2D eigenvalue weighted by atomic mass is 16.2. The molecule has 0 saturated carbocycles. The van der Waals surface area contributed by atoms with Crippen molar-refractivity contribution < 1.29 is 9.59 Å². The second-order valence-corrected chi connectivity index (χ2v) is 6.01. The van der Waals surface area contributed by atoms with Crippen LogP contribution < -0.4 is 15.5 Å². The number of urea groups is 1. The van der Waals surface area contributed by atoms with Gasteiger partial charge in [0.05, 0.1) is 6.54 Å². The van der Waals surface area contributed by atoms with Gasteiger partial charge in [0.2, 0.25) is 5.91 Å². The maximum absolute atomic E-state index is 11.7. The van der Waals surface area contributed by atoms with Crippen molar-refractivity contribution in [2.24, 2.45) is 0 Å². The van der Waals surface area contributed by atoms with E-state index in [1.54, 1.807) is 0 Å². The zero-order valence-corrected chi connectivity index (χ0v) is 14.0. The number of benzene rings is 1. The molecule has 1 aliphatic heterocycles. The summed E-state index contributed by atoms with van der Waals surface area (Å²) in [7, 11) is 3.35. The maximum atomic E-state index is 11.7. The summed E-state index contributed by atoms with van der Waals surface area (Å²) in [5.74, 6) is -0.309. The van der Waals surface area contributed by atoms with Crippen LogP contribution in [0.15, 0.2) is 24.3 Å². The summed E-state index contributed by atoms with van der Waals surface area (Å²) < 4.78 is 0. The standard InChI is InChI=1S/C17H26N4O2/c1-18-17(23)19-16(22)13-20(2)12-14-6-8-15(9-7-14)21-10-4-3-5-11-21/h6-9H,3-5,10-13H2,1-2H3,(H2,18,19,22,23). The number of anilines is 1. The minimum atomic E-state index is -0.478. The van der Waals surface area contributed by atoms with Crippen LogP contribution in [0, 0.1) is 0 Å². The highest BCUT2D eigenvalue weighted by Gasteiger charge is 2.12. The van der Waals surface area contributed by atoms with Gasteiger partial charge >= 0.3 is 6.03 Å². The van der Waals surface area contributed by atoms with Gasteiger partial charge in [0, 0.05) is 32.4 Å². The van der Waals surface area contributed by atoms with Crippen molar-refractivity contribution in [3.8, 4) is 0 Å². The van der Waals surface area contributed by atoms with Crippen LogP contribution in [0.1, 0.15) is 24.8 Å². The van der Waals surface area contributed by atoms with E-state index in [0.717, 1.165) is 18.7 Å². The molecule has 1 heterocycles. The lowest BCUT2D eigenvalue weighted by atomic mass is 10.1. The number of carbonyl (C=O) groups is 2. The van der Waals surface area contributed by atoms with Crippen LogP contribution in [0.5, 0.6) is 0 Å². The average molecular weight is 318 g/mol. The van der Waals surface area contributed by atoms with Crippen molar-refractivity contribution in [1.82, 2.24) is 15.5 Å². The first-order chi connectivity index (χ1) is 11.1. The number of nitrogens with one attached hydrogen (secondary N) is 2. The molecule has 0 aromatic heterocycles. The summed E-state index contributed by atoms with van der Waals surface area (Å²) in [6.45, 7) is 3.13. The molecule has 0 radical (unpaired) electrons. The molecule has 0 aliphatic carbocycles. The molecule has 6 nitrogen and oxygen atoms in total. The fourth-order valence-electron chi connectivity index (χ4n) is 2.81. The fourth-order valence-corrected chi connectivity index (χ4v) is 2.81. The minimum Gasteiger partial charge on any atom is -0.372 e. The van der Waals surface area contributed by atoms with E-state index in [1.165, 1.54) is 32.0 Å². The molecular formula is C17H26N4O2. The summed E-state index contributed by atoms with van der Waals surface area (Å²) in [5, 5.41) is 4.62. The van der Waals surface area contributed by atoms with Crippen LogP contribution in [-0.2, 0) is 11.3 Å². The molecule has 0 unspecified atom stereocenters. The third-order valence-corrected chi connectivity index (χ3v) is 4.00. The predicted molar refractivity (Wildman–Crippen MR) is 91.4 cm³/mol. The summed E-state index contributed by atoms with van der Waals surface area (Å²) in [6, 6.07) is 8.04. The second kappa shape index (κ2) is 8.53. The van der Waals surface area contributed by atoms with Crippen LogP contribution in [0.3, 0.4) is 0 Å². The van der Waals surface area contributed by atoms with E-state index >= 15 is 0 Å². The zero-order chi connectivity index (χ0) is 16.7. The van der Waals surface area contributed by atoms with Crippen molar-refractivity contribution in [2.75, 3.05) is 38.6 Å². The average Bonchev–Trinajstić information content (AvgIpc) is 2.56. The van der Waals surface area contributed by atoms with Gasteiger partial charge in [0.15, 0.2) is 0 Å². The van der Waals surface area contributed by atoms with Gasteiger partial charge in [-0.25, -0.2) is 4.79 Å². The number of hydrogen-bond acceptors (Lipinski definition) is 4. The topological polar surface area (TPSA) is 64.7 Å². The summed E-state index contributed by atoms with van der Waals surface area (Å²) in [6.07, 6.45) is 3.87. The Labute approximate surface area is 137 Å². The first-order valence-corrected chi connectivity index (χ1v) is 8.12. The molecule has 2 N–H and O–H groups in total. The molecule has 0 atom stereocenters. The van der Waals surface area contributed by atoms with Crippen molar-refractivity contribution in [3.63, 3.8) is 0 Å². The molecule has 1 saturated heterocycles. The summed E-state index contributed by atoms with van der Waals surface area (Å²) in [5.41, 5.74) is 2.43. The van der Waals surface area contributed by atoms with Crippen molar-refractivity contribution in [1.29, 1.82) is 0 Å². The Kier molecular flexibility index (Phi) is 6.40. The number of piperidine rings is 1. The van der Waals surface area contributed by atoms with E-state index in [9.17, 15) is 9.59 Å². The molecular weight excluding hydrogens is 292 g/mol. The minimum absolute atomic E-state index is 0.182. The van der Waals surface area contributed by atoms with Gasteiger partial charge in [-0.1, -0.05) is 12.1 Å². The first-order valence-electron chi connectivity index (χ1n) is 8.12. The van der Waals surface area contributed by atoms with Crippen LogP contribution >= 0.6 is 0 Å². The van der Waals surface area contributed by atoms with Gasteiger partial charge < -0.3 is 10.2 Å². The number of rotatable bonds is 5. The van der Waals surface area contributed by atoms with E-state index in [4.69, 9.17) is 0 Å². The smallest absolute Gasteiger partial charge is 0.321 e. The Balaban J connectivity index is 1.82. The van der Waals surface area contributed by atoms with Crippen molar-refractivity contribution >= 4 is 17.6 Å². The van der Waals surface area contributed by atoms with Gasteiger partial charge in [-0.05, 0) is 44.0 Å². The van der Waals surface area contributed by atoms with Crippen LogP contribution in [0.25, 0.3) is 0 Å². The second-order valence-electron chi connectivity index (χ2n) is 6.01. The molecule has 6 heteroatoms.